The van der Waals surface area contributed by atoms with E-state index in [1.54, 1.807) is 0 Å². The van der Waals surface area contributed by atoms with Crippen LogP contribution in [0.3, 0.4) is 0 Å². The van der Waals surface area contributed by atoms with E-state index in [1.807, 2.05) is 50.8 Å². The van der Waals surface area contributed by atoms with Crippen LogP contribution in [0.1, 0.15) is 72.3 Å². The van der Waals surface area contributed by atoms with Crippen molar-refractivity contribution >= 4 is 17.6 Å². The Morgan fingerprint density at radius 2 is 1.73 bits per heavy atom. The van der Waals surface area contributed by atoms with Crippen molar-refractivity contribution in [3.63, 3.8) is 0 Å². The number of nitrogens with zero attached hydrogens (tertiary/aromatic N) is 1. The summed E-state index contributed by atoms with van der Waals surface area (Å²) in [6, 6.07) is 9.87. The normalized spacial score (nSPS) is 17.8. The largest absolute Gasteiger partial charge is 0.368 e. The highest BCUT2D eigenvalue weighted by Crippen LogP contribution is 2.17. The molecule has 0 aliphatic carbocycles. The Hall–Kier alpha value is -2.25. The number of carbonyl (C=O) groups excluding carboxylic acids is 3. The second kappa shape index (κ2) is 18.2. The lowest BCUT2D eigenvalue weighted by Gasteiger charge is -2.21. The maximum atomic E-state index is 12.1. The van der Waals surface area contributed by atoms with Crippen LogP contribution in [0.5, 0.6) is 0 Å². The summed E-state index contributed by atoms with van der Waals surface area (Å²) in [6.45, 7) is 13.5. The zero-order valence-electron chi connectivity index (χ0n) is 21.5. The van der Waals surface area contributed by atoms with Gasteiger partial charge >= 0.3 is 0 Å². The third kappa shape index (κ3) is 13.8. The molecule has 1 heterocycles. The van der Waals surface area contributed by atoms with E-state index in [2.05, 4.69) is 29.7 Å². The minimum atomic E-state index is -0.429. The fourth-order valence-corrected chi connectivity index (χ4v) is 3.64. The van der Waals surface area contributed by atoms with E-state index in [1.165, 1.54) is 12.5 Å². The fourth-order valence-electron chi connectivity index (χ4n) is 3.64. The van der Waals surface area contributed by atoms with E-state index >= 15 is 0 Å². The Bertz CT molecular complexity index is 677. The standard InChI is InChI=1S/C17H32N4O3.C7H8.C2H6/c1-4-21(5-2)11-16(23)20-14(12(3)22)8-6-7-13-9-10-15(19-13)17(18)24;1-7-5-3-2-4-6-7;1-2/h13-15,19H,4-11H2,1-3H3,(H2,18,24)(H,20,23);2-6H,1H3;1-2H3/t13-,14-,15-;;/m0../s1. The zero-order chi connectivity index (χ0) is 25.2. The number of nitrogens with two attached hydrogens (primary N) is 1. The van der Waals surface area contributed by atoms with E-state index in [0.717, 1.165) is 38.8 Å². The van der Waals surface area contributed by atoms with Gasteiger partial charge in [-0.25, -0.2) is 0 Å². The molecule has 2 amide bonds. The number of likely N-dealkylation sites (N-methyl/N-ethyl adjacent to an activating group) is 1. The molecular weight excluding hydrogens is 416 g/mol. The quantitative estimate of drug-likeness (QED) is 0.468. The molecule has 2 rings (SSSR count). The molecule has 0 saturated carbocycles. The summed E-state index contributed by atoms with van der Waals surface area (Å²) in [5.41, 5.74) is 6.62. The van der Waals surface area contributed by atoms with E-state index < -0.39 is 6.04 Å². The van der Waals surface area contributed by atoms with Crippen LogP contribution in [0, 0.1) is 6.92 Å². The first-order chi connectivity index (χ1) is 15.8. The van der Waals surface area contributed by atoms with E-state index in [0.29, 0.717) is 13.0 Å². The molecule has 0 aromatic heterocycles. The number of aryl methyl sites for hydroxylation is 1. The Morgan fingerprint density at radius 3 is 2.15 bits per heavy atom. The Kier molecular flexibility index (Phi) is 17.0. The topological polar surface area (TPSA) is 105 Å². The average Bonchev–Trinajstić information content (AvgIpc) is 3.28. The summed E-state index contributed by atoms with van der Waals surface area (Å²) in [7, 11) is 0. The lowest BCUT2D eigenvalue weighted by molar-refractivity contribution is -0.127. The molecule has 3 atom stereocenters. The molecular formula is C26H46N4O3. The first-order valence-corrected chi connectivity index (χ1v) is 12.4. The van der Waals surface area contributed by atoms with Gasteiger partial charge in [-0.1, -0.05) is 63.6 Å². The fraction of sp³-hybridized carbons (Fsp3) is 0.654. The minimum absolute atomic E-state index is 0.0164. The van der Waals surface area contributed by atoms with Crippen LogP contribution in [0.2, 0.25) is 0 Å². The van der Waals surface area contributed by atoms with Crippen LogP contribution >= 0.6 is 0 Å². The van der Waals surface area contributed by atoms with Gasteiger partial charge in [0.1, 0.15) is 0 Å². The van der Waals surface area contributed by atoms with Gasteiger partial charge in [0.05, 0.1) is 18.6 Å². The number of amides is 2. The SMILES string of the molecule is CC.CCN(CC)CC(=O)N[C@@H](CCC[C@H]1CC[C@@H](C(N)=O)N1)C(C)=O.Cc1ccccc1. The van der Waals surface area contributed by atoms with Crippen LogP contribution in [0.4, 0.5) is 0 Å². The molecule has 1 aromatic carbocycles. The van der Waals surface area contributed by atoms with Crippen LogP contribution < -0.4 is 16.4 Å². The number of rotatable bonds is 11. The van der Waals surface area contributed by atoms with Crippen molar-refractivity contribution in [3.05, 3.63) is 35.9 Å². The van der Waals surface area contributed by atoms with Gasteiger partial charge in [0.25, 0.3) is 0 Å². The summed E-state index contributed by atoms with van der Waals surface area (Å²) in [5.74, 6) is -0.424. The van der Waals surface area contributed by atoms with Crippen molar-refractivity contribution in [2.24, 2.45) is 5.73 Å². The highest BCUT2D eigenvalue weighted by Gasteiger charge is 2.27. The number of hydrogen-bond acceptors (Lipinski definition) is 5. The van der Waals surface area contributed by atoms with E-state index in [4.69, 9.17) is 5.73 Å². The number of carbonyl (C=O) groups is 3. The smallest absolute Gasteiger partial charge is 0.234 e. The van der Waals surface area contributed by atoms with Gasteiger partial charge in [0, 0.05) is 6.04 Å². The predicted octanol–water partition coefficient (Wildman–Crippen LogP) is 3.20. The Morgan fingerprint density at radius 1 is 1.12 bits per heavy atom. The lowest BCUT2D eigenvalue weighted by Crippen LogP contribution is -2.45. The molecule has 1 fully saturated rings. The summed E-state index contributed by atoms with van der Waals surface area (Å²) < 4.78 is 0. The third-order valence-corrected chi connectivity index (χ3v) is 5.66. The molecule has 7 nitrogen and oxygen atoms in total. The molecule has 4 N–H and O–H groups in total. The highest BCUT2D eigenvalue weighted by molar-refractivity contribution is 5.88. The van der Waals surface area contributed by atoms with Crippen LogP contribution in [0.15, 0.2) is 30.3 Å². The van der Waals surface area contributed by atoms with Crippen LogP contribution in [-0.4, -0.2) is 60.3 Å². The monoisotopic (exact) mass is 462 g/mol. The Labute approximate surface area is 200 Å². The van der Waals surface area contributed by atoms with Crippen molar-refractivity contribution in [1.82, 2.24) is 15.5 Å². The first kappa shape index (κ1) is 30.8. The third-order valence-electron chi connectivity index (χ3n) is 5.66. The molecule has 1 aliphatic rings. The number of Topliss-reactive ketones (excluding diaryl/α,β-unsaturated/α-hetero) is 1. The summed E-state index contributed by atoms with van der Waals surface area (Å²) >= 11 is 0. The second-order valence-corrected chi connectivity index (χ2v) is 8.17. The van der Waals surface area contributed by atoms with Crippen molar-refractivity contribution in [2.45, 2.75) is 91.8 Å². The van der Waals surface area contributed by atoms with Crippen molar-refractivity contribution in [1.29, 1.82) is 0 Å². The van der Waals surface area contributed by atoms with Gasteiger partial charge in [-0.05, 0) is 59.0 Å². The van der Waals surface area contributed by atoms with Gasteiger partial charge in [-0.3, -0.25) is 19.3 Å². The molecule has 1 aliphatic heterocycles. The van der Waals surface area contributed by atoms with Gasteiger partial charge in [-0.15, -0.1) is 0 Å². The predicted molar refractivity (Wildman–Crippen MR) is 136 cm³/mol. The molecule has 0 radical (unpaired) electrons. The summed E-state index contributed by atoms with van der Waals surface area (Å²) in [4.78, 5) is 37.0. The maximum Gasteiger partial charge on any atom is 0.234 e. The Balaban J connectivity index is 0.000000950. The molecule has 1 saturated heterocycles. The molecule has 7 heteroatoms. The van der Waals surface area contributed by atoms with Crippen molar-refractivity contribution in [2.75, 3.05) is 19.6 Å². The molecule has 0 spiro atoms. The second-order valence-electron chi connectivity index (χ2n) is 8.17. The van der Waals surface area contributed by atoms with Crippen LogP contribution in [-0.2, 0) is 14.4 Å². The van der Waals surface area contributed by atoms with Gasteiger partial charge in [-0.2, -0.15) is 0 Å². The van der Waals surface area contributed by atoms with Gasteiger partial charge in [0.2, 0.25) is 11.8 Å². The molecule has 0 bridgehead atoms. The number of primary amides is 1. The van der Waals surface area contributed by atoms with Crippen LogP contribution in [0.25, 0.3) is 0 Å². The minimum Gasteiger partial charge on any atom is -0.368 e. The zero-order valence-corrected chi connectivity index (χ0v) is 21.5. The number of ketones is 1. The highest BCUT2D eigenvalue weighted by atomic mass is 16.2. The van der Waals surface area contributed by atoms with Gasteiger partial charge < -0.3 is 16.4 Å². The van der Waals surface area contributed by atoms with Gasteiger partial charge in [0.15, 0.2) is 5.78 Å². The molecule has 0 unspecified atom stereocenters. The van der Waals surface area contributed by atoms with Crippen molar-refractivity contribution in [3.8, 4) is 0 Å². The summed E-state index contributed by atoms with van der Waals surface area (Å²) in [6.07, 6.45) is 4.01. The first-order valence-electron chi connectivity index (χ1n) is 12.4. The lowest BCUT2D eigenvalue weighted by atomic mass is 10.0. The number of nitrogens with one attached hydrogen (secondary N) is 2. The average molecular weight is 463 g/mol. The number of benzene rings is 1. The molecule has 33 heavy (non-hydrogen) atoms. The summed E-state index contributed by atoms with van der Waals surface area (Å²) in [5, 5.41) is 6.07. The molecule has 1 aromatic rings. The maximum absolute atomic E-state index is 12.1. The van der Waals surface area contributed by atoms with Crippen molar-refractivity contribution < 1.29 is 14.4 Å². The van der Waals surface area contributed by atoms with E-state index in [9.17, 15) is 14.4 Å². The number of hydrogen-bond donors (Lipinski definition) is 3. The molecule has 188 valence electrons. The van der Waals surface area contributed by atoms with E-state index in [-0.39, 0.29) is 29.7 Å².